The predicted octanol–water partition coefficient (Wildman–Crippen LogP) is 3.41. The third kappa shape index (κ3) is 6.74. The van der Waals surface area contributed by atoms with Crippen LogP contribution in [0.3, 0.4) is 0 Å². The summed E-state index contributed by atoms with van der Waals surface area (Å²) in [6.07, 6.45) is 2.89. The van der Waals surface area contributed by atoms with E-state index >= 15 is 0 Å². The standard InChI is InChI=1S/C9H19.Zn/c1-8(2)6-5-7-9(3)4;/h5,8-9H,6-7H2,1-4H3;. The average Bonchev–Trinajstić information content (AvgIpc) is 1.58. The molecule has 0 aromatic heterocycles. The molecule has 0 spiro atoms. The summed E-state index contributed by atoms with van der Waals surface area (Å²) in [7, 11) is 0. The van der Waals surface area contributed by atoms with Crippen LogP contribution in [0.5, 0.6) is 0 Å². The molecule has 0 heterocycles. The Kier molecular flexibility index (Phi) is 5.63. The van der Waals surface area contributed by atoms with E-state index in [1.807, 2.05) is 0 Å². The van der Waals surface area contributed by atoms with Crippen LogP contribution in [0.25, 0.3) is 0 Å². The van der Waals surface area contributed by atoms with E-state index < -0.39 is 0 Å². The maximum atomic E-state index is 2.32. The molecule has 0 amide bonds. The zero-order valence-electron chi connectivity index (χ0n) is 7.85. The van der Waals surface area contributed by atoms with Crippen molar-refractivity contribution >= 4 is 0 Å². The van der Waals surface area contributed by atoms with Gasteiger partial charge in [0.1, 0.15) is 0 Å². The minimum absolute atomic E-state index is 0.900. The van der Waals surface area contributed by atoms with Gasteiger partial charge in [0.05, 0.1) is 0 Å². The van der Waals surface area contributed by atoms with Crippen molar-refractivity contribution in [2.24, 2.45) is 11.8 Å². The molecule has 0 saturated carbocycles. The maximum absolute atomic E-state index is 2.32. The van der Waals surface area contributed by atoms with E-state index in [1.54, 1.807) is 0 Å². The summed E-state index contributed by atoms with van der Waals surface area (Å²) in [6.45, 7) is 9.29. The van der Waals surface area contributed by atoms with Gasteiger partial charge in [0.15, 0.2) is 0 Å². The van der Waals surface area contributed by atoms with Crippen LogP contribution in [0.4, 0.5) is 0 Å². The van der Waals surface area contributed by atoms with E-state index in [9.17, 15) is 0 Å². The quantitative estimate of drug-likeness (QED) is 0.599. The summed E-state index contributed by atoms with van der Waals surface area (Å²) in [4.78, 5) is 0. The van der Waals surface area contributed by atoms with Crippen LogP contribution in [-0.4, -0.2) is 0 Å². The summed E-state index contributed by atoms with van der Waals surface area (Å²) in [5, 5.41) is 0. The first-order chi connectivity index (χ1) is 4.52. The van der Waals surface area contributed by atoms with Gasteiger partial charge in [-0.2, -0.15) is 0 Å². The molecule has 0 aliphatic rings. The van der Waals surface area contributed by atoms with Crippen LogP contribution in [-0.2, 0) is 18.3 Å². The Bertz CT molecular complexity index is 66.8. The average molecular weight is 193 g/mol. The van der Waals surface area contributed by atoms with Crippen molar-refractivity contribution in [2.75, 3.05) is 0 Å². The Balaban J connectivity index is 3.34. The molecule has 10 heavy (non-hydrogen) atoms. The number of hydrogen-bond donors (Lipinski definition) is 0. The molecule has 0 aliphatic heterocycles. The van der Waals surface area contributed by atoms with Gasteiger partial charge < -0.3 is 0 Å². The third-order valence-corrected chi connectivity index (χ3v) is 3.01. The molecule has 0 saturated heterocycles. The summed E-state index contributed by atoms with van der Waals surface area (Å²) in [6, 6.07) is 0. The second-order valence-corrected chi connectivity index (χ2v) is 6.55. The first-order valence-electron chi connectivity index (χ1n) is 4.35. The Labute approximate surface area is 75.5 Å². The second kappa shape index (κ2) is 5.30. The molecule has 0 fully saturated rings. The van der Waals surface area contributed by atoms with E-state index in [-0.39, 0.29) is 0 Å². The molecule has 0 aromatic carbocycles. The van der Waals surface area contributed by atoms with Crippen LogP contribution < -0.4 is 0 Å². The zero-order chi connectivity index (χ0) is 8.15. The molecule has 57 valence electrons. The van der Waals surface area contributed by atoms with Crippen LogP contribution in [0, 0.1) is 11.8 Å². The summed E-state index contributed by atoms with van der Waals surface area (Å²) >= 11 is 1.48. The van der Waals surface area contributed by atoms with Gasteiger partial charge in [-0.25, -0.2) is 0 Å². The van der Waals surface area contributed by atoms with Crippen LogP contribution in [0.1, 0.15) is 40.5 Å². The zero-order valence-corrected chi connectivity index (χ0v) is 10.8. The molecule has 1 heteroatoms. The van der Waals surface area contributed by atoms with Crippen molar-refractivity contribution in [2.45, 2.75) is 45.0 Å². The Morgan fingerprint density at radius 3 is 1.40 bits per heavy atom. The normalized spacial score (nSPS) is 12.1. The van der Waals surface area contributed by atoms with Crippen molar-refractivity contribution < 1.29 is 18.3 Å². The fraction of sp³-hybridized carbons (Fsp3) is 1.00. The van der Waals surface area contributed by atoms with E-state index in [2.05, 4.69) is 27.7 Å². The van der Waals surface area contributed by atoms with Gasteiger partial charge in [-0.15, -0.1) is 0 Å². The molecule has 0 atom stereocenters. The van der Waals surface area contributed by atoms with Gasteiger partial charge in [-0.3, -0.25) is 0 Å². The predicted molar refractivity (Wildman–Crippen MR) is 42.7 cm³/mol. The van der Waals surface area contributed by atoms with Crippen molar-refractivity contribution in [3.8, 4) is 0 Å². The van der Waals surface area contributed by atoms with E-state index in [0.717, 1.165) is 16.3 Å². The van der Waals surface area contributed by atoms with Crippen molar-refractivity contribution in [3.05, 3.63) is 0 Å². The topological polar surface area (TPSA) is 0 Å². The van der Waals surface area contributed by atoms with Crippen molar-refractivity contribution in [1.29, 1.82) is 0 Å². The molecular formula is C9H19Zn. The Morgan fingerprint density at radius 2 is 1.20 bits per heavy atom. The Hall–Kier alpha value is 0.623. The SMILES string of the molecule is CC(C)C[CH]([Zn])CC(C)C. The second-order valence-electron chi connectivity index (χ2n) is 4.13. The molecule has 0 radical (unpaired) electrons. The molecule has 0 nitrogen and oxygen atoms in total. The van der Waals surface area contributed by atoms with Crippen LogP contribution in [0.15, 0.2) is 0 Å². The molecular weight excluding hydrogens is 173 g/mol. The first kappa shape index (κ1) is 10.6. The van der Waals surface area contributed by atoms with Crippen molar-refractivity contribution in [3.63, 3.8) is 0 Å². The molecule has 0 aromatic rings. The van der Waals surface area contributed by atoms with E-state index in [0.29, 0.717) is 0 Å². The molecule has 0 N–H and O–H groups in total. The summed E-state index contributed by atoms with van der Waals surface area (Å²) in [5.74, 6) is 1.80. The minimum atomic E-state index is 0.900. The van der Waals surface area contributed by atoms with Gasteiger partial charge in [0, 0.05) is 0 Å². The number of rotatable bonds is 4. The molecule has 0 bridgehead atoms. The fourth-order valence-electron chi connectivity index (χ4n) is 1.43. The first-order valence-corrected chi connectivity index (χ1v) is 6.06. The number of hydrogen-bond acceptors (Lipinski definition) is 0. The Morgan fingerprint density at radius 1 is 0.900 bits per heavy atom. The van der Waals surface area contributed by atoms with Gasteiger partial charge >= 0.3 is 75.2 Å². The van der Waals surface area contributed by atoms with E-state index in [4.69, 9.17) is 0 Å². The van der Waals surface area contributed by atoms with Gasteiger partial charge in [0.25, 0.3) is 0 Å². The monoisotopic (exact) mass is 191 g/mol. The van der Waals surface area contributed by atoms with Gasteiger partial charge in [-0.05, 0) is 0 Å². The molecule has 0 rings (SSSR count). The van der Waals surface area contributed by atoms with Crippen molar-refractivity contribution in [1.82, 2.24) is 0 Å². The van der Waals surface area contributed by atoms with Crippen LogP contribution >= 0.6 is 0 Å². The van der Waals surface area contributed by atoms with E-state index in [1.165, 1.54) is 31.1 Å². The molecule has 0 unspecified atom stereocenters. The summed E-state index contributed by atoms with van der Waals surface area (Å²) < 4.78 is 1.04. The summed E-state index contributed by atoms with van der Waals surface area (Å²) in [5.41, 5.74) is 0. The van der Waals surface area contributed by atoms with Gasteiger partial charge in [-0.1, -0.05) is 0 Å². The van der Waals surface area contributed by atoms with Crippen LogP contribution in [0.2, 0.25) is 4.51 Å². The molecule has 0 aliphatic carbocycles. The van der Waals surface area contributed by atoms with Gasteiger partial charge in [0.2, 0.25) is 0 Å². The fourth-order valence-corrected chi connectivity index (χ4v) is 4.23. The third-order valence-electron chi connectivity index (χ3n) is 1.61.